The molecular formula is C10H12O. The first-order valence-corrected chi connectivity index (χ1v) is 4.15. The number of fused-ring (bicyclic) bond motifs is 1. The zero-order valence-electron chi connectivity index (χ0n) is 6.76. The van der Waals surface area contributed by atoms with Gasteiger partial charge in [-0.15, -0.1) is 0 Å². The Bertz CT molecular complexity index is 266. The van der Waals surface area contributed by atoms with E-state index in [9.17, 15) is 0 Å². The Morgan fingerprint density at radius 3 is 3.18 bits per heavy atom. The second kappa shape index (κ2) is 2.57. The third-order valence-corrected chi connectivity index (χ3v) is 2.17. The zero-order valence-corrected chi connectivity index (χ0v) is 6.76. The molecule has 58 valence electrons. The van der Waals surface area contributed by atoms with Crippen LogP contribution in [0.5, 0.6) is 5.75 Å². The SMILES string of the molecule is CCc1ccc2c(c1)OCC2. The summed E-state index contributed by atoms with van der Waals surface area (Å²) in [6.45, 7) is 3.03. The molecule has 0 aromatic heterocycles. The van der Waals surface area contributed by atoms with Crippen molar-refractivity contribution >= 4 is 0 Å². The molecule has 1 aromatic rings. The van der Waals surface area contributed by atoms with E-state index in [2.05, 4.69) is 25.1 Å². The van der Waals surface area contributed by atoms with Crippen LogP contribution < -0.4 is 4.74 Å². The fourth-order valence-electron chi connectivity index (χ4n) is 1.43. The number of ether oxygens (including phenoxy) is 1. The molecule has 1 heteroatoms. The van der Waals surface area contributed by atoms with Crippen molar-refractivity contribution in [2.75, 3.05) is 6.61 Å². The lowest BCUT2D eigenvalue weighted by Crippen LogP contribution is -1.86. The Kier molecular flexibility index (Phi) is 1.57. The van der Waals surface area contributed by atoms with E-state index in [1.165, 1.54) is 11.1 Å². The van der Waals surface area contributed by atoms with Gasteiger partial charge in [0.15, 0.2) is 0 Å². The summed E-state index contributed by atoms with van der Waals surface area (Å²) in [4.78, 5) is 0. The van der Waals surface area contributed by atoms with Crippen molar-refractivity contribution in [2.45, 2.75) is 19.8 Å². The monoisotopic (exact) mass is 148 g/mol. The third-order valence-electron chi connectivity index (χ3n) is 2.17. The summed E-state index contributed by atoms with van der Waals surface area (Å²) in [6, 6.07) is 6.52. The normalized spacial score (nSPS) is 14.3. The van der Waals surface area contributed by atoms with E-state index in [1.54, 1.807) is 0 Å². The number of aryl methyl sites for hydroxylation is 1. The van der Waals surface area contributed by atoms with E-state index in [0.717, 1.165) is 25.2 Å². The van der Waals surface area contributed by atoms with E-state index < -0.39 is 0 Å². The highest BCUT2D eigenvalue weighted by atomic mass is 16.5. The molecule has 1 aromatic carbocycles. The Morgan fingerprint density at radius 1 is 1.45 bits per heavy atom. The fraction of sp³-hybridized carbons (Fsp3) is 0.400. The summed E-state index contributed by atoms with van der Waals surface area (Å²) in [5, 5.41) is 0. The molecule has 1 nitrogen and oxygen atoms in total. The minimum atomic E-state index is 0.864. The molecule has 1 aliphatic rings. The highest BCUT2D eigenvalue weighted by Gasteiger charge is 2.10. The average Bonchev–Trinajstić information content (AvgIpc) is 2.50. The van der Waals surface area contributed by atoms with Crippen molar-refractivity contribution in [1.29, 1.82) is 0 Å². The Labute approximate surface area is 67.0 Å². The first-order valence-electron chi connectivity index (χ1n) is 4.15. The number of rotatable bonds is 1. The Hall–Kier alpha value is -0.980. The van der Waals surface area contributed by atoms with Gasteiger partial charge < -0.3 is 4.74 Å². The van der Waals surface area contributed by atoms with Crippen molar-refractivity contribution in [3.8, 4) is 5.75 Å². The fourth-order valence-corrected chi connectivity index (χ4v) is 1.43. The second-order valence-corrected chi connectivity index (χ2v) is 2.89. The van der Waals surface area contributed by atoms with Gasteiger partial charge in [-0.25, -0.2) is 0 Å². The predicted octanol–water partition coefficient (Wildman–Crippen LogP) is 2.18. The lowest BCUT2D eigenvalue weighted by Gasteiger charge is -2.00. The van der Waals surface area contributed by atoms with Crippen LogP contribution in [0.4, 0.5) is 0 Å². The second-order valence-electron chi connectivity index (χ2n) is 2.89. The highest BCUT2D eigenvalue weighted by molar-refractivity contribution is 5.39. The summed E-state index contributed by atoms with van der Waals surface area (Å²) >= 11 is 0. The molecule has 1 heterocycles. The van der Waals surface area contributed by atoms with Crippen molar-refractivity contribution in [3.63, 3.8) is 0 Å². The average molecular weight is 148 g/mol. The van der Waals surface area contributed by atoms with Gasteiger partial charge in [-0.05, 0) is 23.6 Å². The summed E-state index contributed by atoms with van der Waals surface area (Å²) in [6.07, 6.45) is 2.18. The molecule has 0 saturated carbocycles. The highest BCUT2D eigenvalue weighted by Crippen LogP contribution is 2.25. The van der Waals surface area contributed by atoms with Crippen LogP contribution in [-0.2, 0) is 12.8 Å². The summed E-state index contributed by atoms with van der Waals surface area (Å²) in [7, 11) is 0. The van der Waals surface area contributed by atoms with Crippen molar-refractivity contribution in [1.82, 2.24) is 0 Å². The minimum Gasteiger partial charge on any atom is -0.493 e. The first-order chi connectivity index (χ1) is 5.40. The van der Waals surface area contributed by atoms with E-state index in [0.29, 0.717) is 0 Å². The summed E-state index contributed by atoms with van der Waals surface area (Å²) < 4.78 is 5.44. The van der Waals surface area contributed by atoms with Gasteiger partial charge in [-0.3, -0.25) is 0 Å². The van der Waals surface area contributed by atoms with Crippen LogP contribution >= 0.6 is 0 Å². The smallest absolute Gasteiger partial charge is 0.122 e. The molecule has 0 atom stereocenters. The molecule has 11 heavy (non-hydrogen) atoms. The first kappa shape index (κ1) is 6.71. The third kappa shape index (κ3) is 1.11. The van der Waals surface area contributed by atoms with Crippen molar-refractivity contribution < 1.29 is 4.74 Å². The number of hydrogen-bond acceptors (Lipinski definition) is 1. The van der Waals surface area contributed by atoms with Crippen molar-refractivity contribution in [2.24, 2.45) is 0 Å². The summed E-state index contributed by atoms with van der Waals surface area (Å²) in [5.74, 6) is 1.10. The molecule has 0 bridgehead atoms. The van der Waals surface area contributed by atoms with Crippen molar-refractivity contribution in [3.05, 3.63) is 29.3 Å². The molecule has 0 radical (unpaired) electrons. The quantitative estimate of drug-likeness (QED) is 0.593. The standard InChI is InChI=1S/C10H12O/c1-2-8-3-4-9-5-6-11-10(9)7-8/h3-4,7H,2,5-6H2,1H3. The van der Waals surface area contributed by atoms with Crippen LogP contribution in [0.3, 0.4) is 0 Å². The maximum atomic E-state index is 5.44. The van der Waals surface area contributed by atoms with Crippen LogP contribution in [0.25, 0.3) is 0 Å². The topological polar surface area (TPSA) is 9.23 Å². The van der Waals surface area contributed by atoms with E-state index >= 15 is 0 Å². The van der Waals surface area contributed by atoms with Gasteiger partial charge in [0.25, 0.3) is 0 Å². The minimum absolute atomic E-state index is 0.864. The van der Waals surface area contributed by atoms with Gasteiger partial charge in [-0.2, -0.15) is 0 Å². The number of hydrogen-bond donors (Lipinski definition) is 0. The van der Waals surface area contributed by atoms with Crippen LogP contribution in [0, 0.1) is 0 Å². The summed E-state index contributed by atoms with van der Waals surface area (Å²) in [5.41, 5.74) is 2.73. The van der Waals surface area contributed by atoms with Crippen LogP contribution in [0.1, 0.15) is 18.1 Å². The molecule has 0 aliphatic carbocycles. The Morgan fingerprint density at radius 2 is 2.36 bits per heavy atom. The van der Waals surface area contributed by atoms with E-state index in [4.69, 9.17) is 4.74 Å². The molecular weight excluding hydrogens is 136 g/mol. The maximum Gasteiger partial charge on any atom is 0.122 e. The largest absolute Gasteiger partial charge is 0.493 e. The van der Waals surface area contributed by atoms with Gasteiger partial charge in [0.05, 0.1) is 6.61 Å². The van der Waals surface area contributed by atoms with Gasteiger partial charge in [0.2, 0.25) is 0 Å². The lowest BCUT2D eigenvalue weighted by molar-refractivity contribution is 0.356. The van der Waals surface area contributed by atoms with Gasteiger partial charge >= 0.3 is 0 Å². The van der Waals surface area contributed by atoms with Gasteiger partial charge in [-0.1, -0.05) is 19.1 Å². The molecule has 0 N–H and O–H groups in total. The van der Waals surface area contributed by atoms with E-state index in [-0.39, 0.29) is 0 Å². The Balaban J connectivity index is 2.41. The molecule has 0 spiro atoms. The molecule has 0 fully saturated rings. The molecule has 0 saturated heterocycles. The predicted molar refractivity (Wildman–Crippen MR) is 45.0 cm³/mol. The maximum absolute atomic E-state index is 5.44. The van der Waals surface area contributed by atoms with Crippen LogP contribution in [0.15, 0.2) is 18.2 Å². The van der Waals surface area contributed by atoms with Gasteiger partial charge in [0, 0.05) is 6.42 Å². The van der Waals surface area contributed by atoms with Crippen LogP contribution in [0.2, 0.25) is 0 Å². The molecule has 0 unspecified atom stereocenters. The molecule has 0 amide bonds. The van der Waals surface area contributed by atoms with Crippen LogP contribution in [-0.4, -0.2) is 6.61 Å². The zero-order chi connectivity index (χ0) is 7.68. The van der Waals surface area contributed by atoms with Gasteiger partial charge in [0.1, 0.15) is 5.75 Å². The lowest BCUT2D eigenvalue weighted by atomic mass is 10.1. The molecule has 2 rings (SSSR count). The van der Waals surface area contributed by atoms with E-state index in [1.807, 2.05) is 0 Å². The molecule has 1 aliphatic heterocycles. The number of benzene rings is 1.